The van der Waals surface area contributed by atoms with Gasteiger partial charge in [0.2, 0.25) is 0 Å². The topological polar surface area (TPSA) is 35.6 Å². The molecule has 128 valence electrons. The van der Waals surface area contributed by atoms with Crippen LogP contribution in [0.1, 0.15) is 22.0 Å². The maximum absolute atomic E-state index is 13.8. The Labute approximate surface area is 145 Å². The zero-order chi connectivity index (χ0) is 16.9. The Hall–Kier alpha value is -1.76. The van der Waals surface area contributed by atoms with Gasteiger partial charge in [-0.2, -0.15) is 11.3 Å². The monoisotopic (exact) mass is 347 g/mol. The summed E-state index contributed by atoms with van der Waals surface area (Å²) < 4.78 is 13.8. The molecule has 1 fully saturated rings. The van der Waals surface area contributed by atoms with Gasteiger partial charge in [0.15, 0.2) is 0 Å². The number of hydrogen-bond donors (Lipinski definition) is 1. The summed E-state index contributed by atoms with van der Waals surface area (Å²) >= 11 is 1.66. The molecule has 1 saturated heterocycles. The van der Waals surface area contributed by atoms with Gasteiger partial charge in [-0.1, -0.05) is 12.1 Å². The first-order valence-electron chi connectivity index (χ1n) is 8.12. The Morgan fingerprint density at radius 1 is 1.25 bits per heavy atom. The van der Waals surface area contributed by atoms with Crippen molar-refractivity contribution in [1.29, 1.82) is 0 Å². The average molecular weight is 347 g/mol. The van der Waals surface area contributed by atoms with Gasteiger partial charge in [-0.3, -0.25) is 9.69 Å². The lowest BCUT2D eigenvalue weighted by Gasteiger charge is -2.38. The van der Waals surface area contributed by atoms with Gasteiger partial charge >= 0.3 is 0 Å². The van der Waals surface area contributed by atoms with E-state index in [9.17, 15) is 9.18 Å². The molecule has 0 saturated carbocycles. The van der Waals surface area contributed by atoms with Crippen LogP contribution in [-0.4, -0.2) is 55.5 Å². The van der Waals surface area contributed by atoms with Crippen LogP contribution in [0.5, 0.6) is 0 Å². The molecule has 1 aliphatic heterocycles. The van der Waals surface area contributed by atoms with Gasteiger partial charge in [-0.25, -0.2) is 4.39 Å². The lowest BCUT2D eigenvalue weighted by atomic mass is 10.1. The highest BCUT2D eigenvalue weighted by atomic mass is 32.1. The van der Waals surface area contributed by atoms with E-state index in [-0.39, 0.29) is 17.5 Å². The Morgan fingerprint density at radius 3 is 2.67 bits per heavy atom. The normalized spacial score (nSPS) is 17.6. The molecule has 1 aromatic carbocycles. The summed E-state index contributed by atoms with van der Waals surface area (Å²) in [6.07, 6.45) is 0. The molecule has 1 aliphatic rings. The van der Waals surface area contributed by atoms with Crippen LogP contribution in [0.4, 0.5) is 4.39 Å². The summed E-state index contributed by atoms with van der Waals surface area (Å²) in [5, 5.41) is 7.08. The number of amides is 1. The molecular weight excluding hydrogens is 325 g/mol. The van der Waals surface area contributed by atoms with Crippen LogP contribution >= 0.6 is 11.3 Å². The molecule has 1 atom stereocenters. The molecule has 2 heterocycles. The summed E-state index contributed by atoms with van der Waals surface area (Å²) in [7, 11) is 2.12. The highest BCUT2D eigenvalue weighted by Gasteiger charge is 2.25. The van der Waals surface area contributed by atoms with Crippen molar-refractivity contribution >= 4 is 17.2 Å². The molecule has 2 aromatic rings. The lowest BCUT2D eigenvalue weighted by molar-refractivity contribution is 0.0883. The number of thiophene rings is 1. The molecule has 1 aromatic heterocycles. The van der Waals surface area contributed by atoms with Crippen LogP contribution in [0.2, 0.25) is 0 Å². The second kappa shape index (κ2) is 7.88. The van der Waals surface area contributed by atoms with Crippen molar-refractivity contribution in [2.75, 3.05) is 39.8 Å². The molecule has 1 amide bonds. The fourth-order valence-corrected chi connectivity index (χ4v) is 3.69. The maximum atomic E-state index is 13.8. The van der Waals surface area contributed by atoms with Gasteiger partial charge in [0.05, 0.1) is 11.6 Å². The van der Waals surface area contributed by atoms with Crippen molar-refractivity contribution in [3.8, 4) is 0 Å². The van der Waals surface area contributed by atoms with E-state index in [1.54, 1.807) is 23.5 Å². The first-order chi connectivity index (χ1) is 11.6. The van der Waals surface area contributed by atoms with Gasteiger partial charge < -0.3 is 10.2 Å². The molecule has 0 spiro atoms. The van der Waals surface area contributed by atoms with E-state index in [4.69, 9.17) is 0 Å². The molecule has 24 heavy (non-hydrogen) atoms. The minimum Gasteiger partial charge on any atom is -0.350 e. The SMILES string of the molecule is CN1CCN([C@@H](CNC(=O)c2ccccc2F)c2ccsc2)CC1. The number of nitrogens with one attached hydrogen (secondary N) is 1. The van der Waals surface area contributed by atoms with Gasteiger partial charge in [0.25, 0.3) is 5.91 Å². The van der Waals surface area contributed by atoms with E-state index in [0.717, 1.165) is 26.2 Å². The molecular formula is C18H22FN3OS. The average Bonchev–Trinajstić information content (AvgIpc) is 3.11. The number of piperazine rings is 1. The predicted octanol–water partition coefficient (Wildman–Crippen LogP) is 2.61. The number of halogens is 1. The van der Waals surface area contributed by atoms with Crippen LogP contribution in [0.15, 0.2) is 41.1 Å². The van der Waals surface area contributed by atoms with E-state index in [1.165, 1.54) is 17.7 Å². The molecule has 1 N–H and O–H groups in total. The van der Waals surface area contributed by atoms with Crippen molar-refractivity contribution in [1.82, 2.24) is 15.1 Å². The summed E-state index contributed by atoms with van der Waals surface area (Å²) in [6.45, 7) is 4.44. The molecule has 4 nitrogen and oxygen atoms in total. The summed E-state index contributed by atoms with van der Waals surface area (Å²) in [6, 6.07) is 8.31. The smallest absolute Gasteiger partial charge is 0.254 e. The fraction of sp³-hybridized carbons (Fsp3) is 0.389. The summed E-state index contributed by atoms with van der Waals surface area (Å²) in [4.78, 5) is 17.0. The zero-order valence-corrected chi connectivity index (χ0v) is 14.6. The van der Waals surface area contributed by atoms with Crippen molar-refractivity contribution in [2.24, 2.45) is 0 Å². The predicted molar refractivity (Wildman–Crippen MR) is 94.9 cm³/mol. The highest BCUT2D eigenvalue weighted by molar-refractivity contribution is 7.07. The van der Waals surface area contributed by atoms with Crippen LogP contribution < -0.4 is 5.32 Å². The number of carbonyl (C=O) groups is 1. The zero-order valence-electron chi connectivity index (χ0n) is 13.7. The second-order valence-electron chi connectivity index (χ2n) is 6.10. The van der Waals surface area contributed by atoms with Crippen molar-refractivity contribution < 1.29 is 9.18 Å². The van der Waals surface area contributed by atoms with E-state index in [2.05, 4.69) is 39.0 Å². The van der Waals surface area contributed by atoms with Crippen molar-refractivity contribution in [2.45, 2.75) is 6.04 Å². The summed E-state index contributed by atoms with van der Waals surface area (Å²) in [5.74, 6) is -0.843. The Bertz CT molecular complexity index is 669. The first-order valence-corrected chi connectivity index (χ1v) is 9.07. The van der Waals surface area contributed by atoms with E-state index in [1.807, 2.05) is 0 Å². The Morgan fingerprint density at radius 2 is 2.00 bits per heavy atom. The molecule has 0 radical (unpaired) electrons. The van der Waals surface area contributed by atoms with Crippen LogP contribution in [0.3, 0.4) is 0 Å². The fourth-order valence-electron chi connectivity index (χ4n) is 2.99. The van der Waals surface area contributed by atoms with Crippen LogP contribution in [0, 0.1) is 5.82 Å². The molecule has 0 bridgehead atoms. The standard InChI is InChI=1S/C18H22FN3OS/c1-21-7-9-22(10-8-21)17(14-6-11-24-13-14)12-20-18(23)15-4-2-3-5-16(15)19/h2-6,11,13,17H,7-10,12H2,1H3,(H,20,23)/t17-/m0/s1. The third kappa shape index (κ3) is 4.01. The van der Waals surface area contributed by atoms with Crippen LogP contribution in [0.25, 0.3) is 0 Å². The highest BCUT2D eigenvalue weighted by Crippen LogP contribution is 2.23. The molecule has 6 heteroatoms. The number of hydrogen-bond acceptors (Lipinski definition) is 4. The van der Waals surface area contributed by atoms with Gasteiger partial charge in [-0.05, 0) is 41.6 Å². The maximum Gasteiger partial charge on any atom is 0.254 e. The van der Waals surface area contributed by atoms with Gasteiger partial charge in [0, 0.05) is 32.7 Å². The number of carbonyl (C=O) groups excluding carboxylic acids is 1. The number of likely N-dealkylation sites (N-methyl/N-ethyl adjacent to an activating group) is 1. The quantitative estimate of drug-likeness (QED) is 0.903. The van der Waals surface area contributed by atoms with Gasteiger partial charge in [0.1, 0.15) is 5.82 Å². The van der Waals surface area contributed by atoms with E-state index >= 15 is 0 Å². The van der Waals surface area contributed by atoms with Crippen molar-refractivity contribution in [3.63, 3.8) is 0 Å². The third-order valence-electron chi connectivity index (χ3n) is 4.48. The third-order valence-corrected chi connectivity index (χ3v) is 5.18. The lowest BCUT2D eigenvalue weighted by Crippen LogP contribution is -2.48. The summed E-state index contributed by atoms with van der Waals surface area (Å²) in [5.41, 5.74) is 1.30. The largest absolute Gasteiger partial charge is 0.350 e. The van der Waals surface area contributed by atoms with E-state index in [0.29, 0.717) is 6.54 Å². The molecule has 3 rings (SSSR count). The second-order valence-corrected chi connectivity index (χ2v) is 6.88. The number of nitrogens with zero attached hydrogens (tertiary/aromatic N) is 2. The molecule has 0 unspecified atom stereocenters. The molecule has 0 aliphatic carbocycles. The Kier molecular flexibility index (Phi) is 5.60. The van der Waals surface area contributed by atoms with Gasteiger partial charge in [-0.15, -0.1) is 0 Å². The van der Waals surface area contributed by atoms with E-state index < -0.39 is 5.82 Å². The van der Waals surface area contributed by atoms with Crippen LogP contribution in [-0.2, 0) is 0 Å². The number of rotatable bonds is 5. The van der Waals surface area contributed by atoms with Crippen molar-refractivity contribution in [3.05, 3.63) is 58.0 Å². The first kappa shape index (κ1) is 17.1. The number of benzene rings is 1. The Balaban J connectivity index is 1.68. The minimum absolute atomic E-state index is 0.0972. The minimum atomic E-state index is -0.485.